The second-order valence-electron chi connectivity index (χ2n) is 3.86. The second-order valence-corrected chi connectivity index (χ2v) is 5.27. The predicted molar refractivity (Wildman–Crippen MR) is 66.7 cm³/mol. The average Bonchev–Trinajstić information content (AvgIpc) is 2.69. The van der Waals surface area contributed by atoms with Gasteiger partial charge in [0, 0.05) is 0 Å². The maximum Gasteiger partial charge on any atom is 0.267 e. The van der Waals surface area contributed by atoms with Crippen molar-refractivity contribution in [2.24, 2.45) is 14.1 Å². The Morgan fingerprint density at radius 2 is 1.78 bits per heavy atom. The van der Waals surface area contributed by atoms with E-state index in [0.29, 0.717) is 12.8 Å². The summed E-state index contributed by atoms with van der Waals surface area (Å²) in [7, 11) is 0.0244. The van der Waals surface area contributed by atoms with E-state index in [-0.39, 0.29) is 13.2 Å². The minimum Gasteiger partial charge on any atom is -0.756 e. The van der Waals surface area contributed by atoms with Gasteiger partial charge in [0.15, 0.2) is 0 Å². The third-order valence-corrected chi connectivity index (χ3v) is 2.81. The van der Waals surface area contributed by atoms with E-state index >= 15 is 0 Å². The Morgan fingerprint density at radius 1 is 1.28 bits per heavy atom. The van der Waals surface area contributed by atoms with E-state index in [9.17, 15) is 9.46 Å². The maximum absolute atomic E-state index is 10.7. The van der Waals surface area contributed by atoms with Crippen LogP contribution in [0.2, 0.25) is 0 Å². The molecule has 0 saturated heterocycles. The Morgan fingerprint density at radius 3 is 2.00 bits per heavy atom. The molecule has 0 aromatic carbocycles. The van der Waals surface area contributed by atoms with Crippen molar-refractivity contribution in [3.05, 3.63) is 18.7 Å². The van der Waals surface area contributed by atoms with Gasteiger partial charge in [-0.25, -0.2) is 9.13 Å². The largest absolute Gasteiger partial charge is 0.756 e. The van der Waals surface area contributed by atoms with Gasteiger partial charge >= 0.3 is 0 Å². The molecule has 0 aliphatic heterocycles. The first-order chi connectivity index (χ1) is 8.41. The lowest BCUT2D eigenvalue weighted by Crippen LogP contribution is -2.23. The summed E-state index contributed by atoms with van der Waals surface area (Å²) in [5.41, 5.74) is 0. The number of aryl methyl sites for hydroxylation is 2. The van der Waals surface area contributed by atoms with Gasteiger partial charge in [-0.1, -0.05) is 13.8 Å². The lowest BCUT2D eigenvalue weighted by molar-refractivity contribution is -0.670. The maximum atomic E-state index is 10.7. The minimum atomic E-state index is -3.98. The molecule has 0 N–H and O–H groups in total. The van der Waals surface area contributed by atoms with Crippen molar-refractivity contribution < 1.29 is 23.1 Å². The van der Waals surface area contributed by atoms with Crippen molar-refractivity contribution >= 4 is 7.82 Å². The van der Waals surface area contributed by atoms with E-state index in [0.717, 1.165) is 0 Å². The van der Waals surface area contributed by atoms with Crippen LogP contribution in [-0.2, 0) is 27.7 Å². The smallest absolute Gasteiger partial charge is 0.267 e. The Kier molecular flexibility index (Phi) is 8.93. The number of rotatable bonds is 6. The van der Waals surface area contributed by atoms with Crippen LogP contribution in [0.5, 0.6) is 0 Å². The zero-order valence-corrected chi connectivity index (χ0v) is 12.4. The molecular weight excluding hydrogens is 255 g/mol. The lowest BCUT2D eigenvalue weighted by atomic mass is 10.5. The number of nitrogens with zero attached hydrogens (tertiary/aromatic N) is 2. The van der Waals surface area contributed by atoms with Gasteiger partial charge in [-0.15, -0.1) is 0 Å². The SMILES string of the molecule is CCCOP(=O)([O-])OCCC.Cn1cc[n+](C)c1. The molecule has 6 nitrogen and oxygen atoms in total. The molecule has 0 unspecified atom stereocenters. The van der Waals surface area contributed by atoms with Gasteiger partial charge in [0.05, 0.1) is 27.3 Å². The van der Waals surface area contributed by atoms with Crippen LogP contribution in [0.15, 0.2) is 18.7 Å². The summed E-state index contributed by atoms with van der Waals surface area (Å²) in [6.45, 7) is 4.06. The van der Waals surface area contributed by atoms with Crippen molar-refractivity contribution in [2.45, 2.75) is 26.7 Å². The summed E-state index contributed by atoms with van der Waals surface area (Å²) < 4.78 is 23.6. The zero-order valence-electron chi connectivity index (χ0n) is 11.5. The van der Waals surface area contributed by atoms with E-state index in [2.05, 4.69) is 9.05 Å². The fourth-order valence-corrected chi connectivity index (χ4v) is 1.90. The van der Waals surface area contributed by atoms with Crippen LogP contribution in [0.1, 0.15) is 26.7 Å². The number of phosphoric ester groups is 1. The number of hydrogen-bond acceptors (Lipinski definition) is 4. The number of hydrogen-bond donors (Lipinski definition) is 0. The molecule has 1 aromatic heterocycles. The summed E-state index contributed by atoms with van der Waals surface area (Å²) in [4.78, 5) is 10.7. The fourth-order valence-electron chi connectivity index (χ4n) is 1.02. The molecule has 1 aromatic rings. The summed E-state index contributed by atoms with van der Waals surface area (Å²) in [5, 5.41) is 0. The Bertz CT molecular complexity index is 339. The third-order valence-electron chi connectivity index (χ3n) is 1.81. The lowest BCUT2D eigenvalue weighted by Gasteiger charge is -2.21. The van der Waals surface area contributed by atoms with Gasteiger partial charge in [0.2, 0.25) is 6.33 Å². The summed E-state index contributed by atoms with van der Waals surface area (Å²) in [6, 6.07) is 0. The van der Waals surface area contributed by atoms with Crippen molar-refractivity contribution in [2.75, 3.05) is 13.2 Å². The normalized spacial score (nSPS) is 10.9. The molecule has 0 aliphatic rings. The molecule has 0 atom stereocenters. The van der Waals surface area contributed by atoms with Crippen LogP contribution >= 0.6 is 7.82 Å². The quantitative estimate of drug-likeness (QED) is 0.578. The van der Waals surface area contributed by atoms with Gasteiger partial charge in [-0.05, 0) is 12.8 Å². The van der Waals surface area contributed by atoms with E-state index in [1.54, 1.807) is 0 Å². The van der Waals surface area contributed by atoms with Crippen molar-refractivity contribution in [1.82, 2.24) is 4.57 Å². The molecule has 0 radical (unpaired) electrons. The highest BCUT2D eigenvalue weighted by molar-refractivity contribution is 7.45. The fraction of sp³-hybridized carbons (Fsp3) is 0.727. The number of imidazole rings is 1. The Balaban J connectivity index is 0.000000351. The highest BCUT2D eigenvalue weighted by Crippen LogP contribution is 2.38. The summed E-state index contributed by atoms with van der Waals surface area (Å²) in [5.74, 6) is 0. The van der Waals surface area contributed by atoms with Crippen LogP contribution in [0.4, 0.5) is 0 Å². The van der Waals surface area contributed by atoms with Gasteiger partial charge in [0.25, 0.3) is 7.82 Å². The molecule has 106 valence electrons. The number of phosphoric acid groups is 1. The molecule has 1 rings (SSSR count). The van der Waals surface area contributed by atoms with Crippen LogP contribution in [-0.4, -0.2) is 17.8 Å². The van der Waals surface area contributed by atoms with Crippen LogP contribution in [0.25, 0.3) is 0 Å². The average molecular weight is 278 g/mol. The van der Waals surface area contributed by atoms with Crippen molar-refractivity contribution in [3.8, 4) is 0 Å². The van der Waals surface area contributed by atoms with Crippen molar-refractivity contribution in [3.63, 3.8) is 0 Å². The molecule has 1 heterocycles. The van der Waals surface area contributed by atoms with Crippen LogP contribution in [0.3, 0.4) is 0 Å². The molecule has 0 bridgehead atoms. The standard InChI is InChI=1S/C6H15O4P.C5H9N2/c1-3-5-9-11(7,8)10-6-4-2;1-6-3-4-7(2)5-6/h3-6H2,1-2H3,(H,7,8);3-5H,1-2H3/q;+1/p-1. The molecule has 18 heavy (non-hydrogen) atoms. The molecular formula is C11H23N2O4P. The predicted octanol–water partition coefficient (Wildman–Crippen LogP) is 1.16. The monoisotopic (exact) mass is 278 g/mol. The molecule has 0 amide bonds. The first-order valence-corrected chi connectivity index (χ1v) is 7.44. The molecule has 0 aliphatic carbocycles. The summed E-state index contributed by atoms with van der Waals surface area (Å²) in [6.07, 6.45) is 7.34. The highest BCUT2D eigenvalue weighted by Gasteiger charge is 2.06. The number of aromatic nitrogens is 2. The second kappa shape index (κ2) is 9.28. The van der Waals surface area contributed by atoms with E-state index < -0.39 is 7.82 Å². The molecule has 0 saturated carbocycles. The van der Waals surface area contributed by atoms with Crippen molar-refractivity contribution in [1.29, 1.82) is 0 Å². The molecule has 7 heteroatoms. The van der Waals surface area contributed by atoms with Gasteiger partial charge in [0.1, 0.15) is 12.4 Å². The first kappa shape index (κ1) is 17.3. The minimum absolute atomic E-state index is 0.199. The molecule has 0 fully saturated rings. The van der Waals surface area contributed by atoms with Crippen LogP contribution < -0.4 is 9.46 Å². The topological polar surface area (TPSA) is 67.4 Å². The molecule has 0 spiro atoms. The first-order valence-electron chi connectivity index (χ1n) is 5.98. The summed E-state index contributed by atoms with van der Waals surface area (Å²) >= 11 is 0. The van der Waals surface area contributed by atoms with Gasteiger partial charge in [-0.2, -0.15) is 0 Å². The van der Waals surface area contributed by atoms with Crippen LogP contribution in [0, 0.1) is 0 Å². The van der Waals surface area contributed by atoms with Gasteiger partial charge < -0.3 is 13.9 Å². The zero-order chi connectivity index (χ0) is 14.0. The Labute approximate surface area is 109 Å². The Hall–Kier alpha value is -0.680. The van der Waals surface area contributed by atoms with Gasteiger partial charge in [-0.3, -0.25) is 4.57 Å². The van der Waals surface area contributed by atoms with E-state index in [1.165, 1.54) is 0 Å². The van der Waals surface area contributed by atoms with E-state index in [4.69, 9.17) is 0 Å². The third kappa shape index (κ3) is 9.36. The van der Waals surface area contributed by atoms with E-state index in [1.807, 2.05) is 55.8 Å². The highest BCUT2D eigenvalue weighted by atomic mass is 31.2.